The van der Waals surface area contributed by atoms with E-state index < -0.39 is 0 Å². The van der Waals surface area contributed by atoms with Crippen molar-refractivity contribution in [1.29, 1.82) is 0 Å². The average Bonchev–Trinajstić information content (AvgIpc) is 2.48. The fourth-order valence-electron chi connectivity index (χ4n) is 2.63. The van der Waals surface area contributed by atoms with E-state index in [0.717, 1.165) is 41.2 Å². The molecular formula is C15H18ClN3. The van der Waals surface area contributed by atoms with Gasteiger partial charge in [-0.05, 0) is 56.1 Å². The van der Waals surface area contributed by atoms with E-state index in [1.165, 1.54) is 12.8 Å². The number of aromatic nitrogens is 1. The third-order valence-corrected chi connectivity index (χ3v) is 4.03. The lowest BCUT2D eigenvalue weighted by Crippen LogP contribution is -2.33. The Hall–Kier alpha value is -1.32. The molecule has 1 atom stereocenters. The largest absolute Gasteiger partial charge is 0.383 e. The van der Waals surface area contributed by atoms with E-state index >= 15 is 0 Å². The van der Waals surface area contributed by atoms with Gasteiger partial charge in [-0.3, -0.25) is 4.98 Å². The quantitative estimate of drug-likeness (QED) is 0.902. The van der Waals surface area contributed by atoms with E-state index in [1.54, 1.807) is 0 Å². The first-order valence-corrected chi connectivity index (χ1v) is 7.20. The number of rotatable bonds is 3. The third-order valence-electron chi connectivity index (χ3n) is 3.70. The van der Waals surface area contributed by atoms with Gasteiger partial charge in [-0.2, -0.15) is 0 Å². The summed E-state index contributed by atoms with van der Waals surface area (Å²) in [5.41, 5.74) is 2.03. The van der Waals surface area contributed by atoms with Crippen molar-refractivity contribution in [2.24, 2.45) is 5.92 Å². The molecule has 1 unspecified atom stereocenters. The highest BCUT2D eigenvalue weighted by Crippen LogP contribution is 2.28. The molecule has 0 amide bonds. The first-order chi connectivity index (χ1) is 9.34. The molecule has 0 saturated carbocycles. The van der Waals surface area contributed by atoms with Crippen LogP contribution in [0.5, 0.6) is 0 Å². The van der Waals surface area contributed by atoms with E-state index in [0.29, 0.717) is 5.92 Å². The number of nitrogens with one attached hydrogen (secondary N) is 2. The van der Waals surface area contributed by atoms with Crippen LogP contribution in [-0.2, 0) is 0 Å². The van der Waals surface area contributed by atoms with Crippen LogP contribution in [0.1, 0.15) is 12.8 Å². The summed E-state index contributed by atoms with van der Waals surface area (Å²) in [4.78, 5) is 4.44. The third kappa shape index (κ3) is 2.82. The number of fused-ring (bicyclic) bond motifs is 1. The molecule has 1 aliphatic rings. The zero-order valence-corrected chi connectivity index (χ0v) is 11.6. The van der Waals surface area contributed by atoms with Crippen LogP contribution in [0, 0.1) is 5.92 Å². The minimum atomic E-state index is 0.697. The summed E-state index contributed by atoms with van der Waals surface area (Å²) in [7, 11) is 0. The van der Waals surface area contributed by atoms with Gasteiger partial charge in [0.2, 0.25) is 0 Å². The van der Waals surface area contributed by atoms with Gasteiger partial charge < -0.3 is 10.6 Å². The van der Waals surface area contributed by atoms with Gasteiger partial charge in [0.05, 0.1) is 16.2 Å². The number of nitrogens with zero attached hydrogens (tertiary/aromatic N) is 1. The maximum Gasteiger partial charge on any atom is 0.0948 e. The summed E-state index contributed by atoms with van der Waals surface area (Å²) in [6.07, 6.45) is 4.37. The number of anilines is 1. The Balaban J connectivity index is 1.79. The van der Waals surface area contributed by atoms with Crippen molar-refractivity contribution < 1.29 is 0 Å². The molecule has 2 aromatic rings. The first kappa shape index (κ1) is 12.7. The normalized spacial score (nSPS) is 19.5. The molecule has 3 nitrogen and oxygen atoms in total. The average molecular weight is 276 g/mol. The van der Waals surface area contributed by atoms with Crippen molar-refractivity contribution in [2.75, 3.05) is 25.0 Å². The lowest BCUT2D eigenvalue weighted by molar-refractivity contribution is 0.393. The molecule has 0 bridgehead atoms. The summed E-state index contributed by atoms with van der Waals surface area (Å²) < 4.78 is 0. The van der Waals surface area contributed by atoms with Crippen LogP contribution in [0.15, 0.2) is 30.5 Å². The number of hydrogen-bond donors (Lipinski definition) is 2. The van der Waals surface area contributed by atoms with Crippen molar-refractivity contribution in [3.63, 3.8) is 0 Å². The first-order valence-electron chi connectivity index (χ1n) is 6.82. The summed E-state index contributed by atoms with van der Waals surface area (Å²) >= 11 is 6.20. The van der Waals surface area contributed by atoms with Crippen LogP contribution in [0.25, 0.3) is 10.9 Å². The fraction of sp³-hybridized carbons (Fsp3) is 0.400. The molecule has 1 aliphatic heterocycles. The Kier molecular flexibility index (Phi) is 3.85. The Morgan fingerprint density at radius 2 is 2.32 bits per heavy atom. The molecular weight excluding hydrogens is 258 g/mol. The molecule has 4 heteroatoms. The van der Waals surface area contributed by atoms with Crippen LogP contribution in [0.4, 0.5) is 5.69 Å². The Morgan fingerprint density at radius 3 is 3.16 bits per heavy atom. The number of piperidine rings is 1. The second-order valence-corrected chi connectivity index (χ2v) is 5.49. The van der Waals surface area contributed by atoms with Crippen LogP contribution >= 0.6 is 11.6 Å². The zero-order chi connectivity index (χ0) is 13.1. The van der Waals surface area contributed by atoms with E-state index in [2.05, 4.69) is 15.6 Å². The molecule has 2 heterocycles. The molecule has 1 aromatic carbocycles. The van der Waals surface area contributed by atoms with Crippen molar-refractivity contribution in [3.8, 4) is 0 Å². The maximum absolute atomic E-state index is 6.20. The Morgan fingerprint density at radius 1 is 1.37 bits per heavy atom. The van der Waals surface area contributed by atoms with E-state index in [-0.39, 0.29) is 0 Å². The van der Waals surface area contributed by atoms with Gasteiger partial charge in [-0.15, -0.1) is 0 Å². The van der Waals surface area contributed by atoms with Crippen LogP contribution < -0.4 is 10.6 Å². The topological polar surface area (TPSA) is 37.0 Å². The zero-order valence-electron chi connectivity index (χ0n) is 10.8. The molecule has 2 N–H and O–H groups in total. The predicted molar refractivity (Wildman–Crippen MR) is 80.8 cm³/mol. The predicted octanol–water partition coefficient (Wildman–Crippen LogP) is 3.30. The summed E-state index contributed by atoms with van der Waals surface area (Å²) in [6, 6.07) is 7.89. The van der Waals surface area contributed by atoms with Gasteiger partial charge in [0.1, 0.15) is 0 Å². The standard InChI is InChI=1S/C15H18ClN3/c16-13-5-6-14(15-12(13)4-2-8-18-15)19-10-11-3-1-7-17-9-11/h2,4-6,8,11,17,19H,1,3,7,9-10H2. The van der Waals surface area contributed by atoms with Crippen molar-refractivity contribution in [1.82, 2.24) is 10.3 Å². The number of benzene rings is 1. The SMILES string of the molecule is Clc1ccc(NCC2CCCNC2)c2ncccc12. The van der Waals surface area contributed by atoms with Crippen molar-refractivity contribution >= 4 is 28.2 Å². The van der Waals surface area contributed by atoms with E-state index in [1.807, 2.05) is 30.5 Å². The monoisotopic (exact) mass is 275 g/mol. The number of halogens is 1. The lowest BCUT2D eigenvalue weighted by atomic mass is 9.99. The molecule has 1 saturated heterocycles. The van der Waals surface area contributed by atoms with Gasteiger partial charge in [0.15, 0.2) is 0 Å². The van der Waals surface area contributed by atoms with Gasteiger partial charge in [0, 0.05) is 18.1 Å². The van der Waals surface area contributed by atoms with Gasteiger partial charge in [0.25, 0.3) is 0 Å². The molecule has 100 valence electrons. The smallest absolute Gasteiger partial charge is 0.0948 e. The Bertz CT molecular complexity index is 564. The molecule has 19 heavy (non-hydrogen) atoms. The number of hydrogen-bond acceptors (Lipinski definition) is 3. The van der Waals surface area contributed by atoms with Crippen LogP contribution in [0.2, 0.25) is 5.02 Å². The number of pyridine rings is 1. The highest BCUT2D eigenvalue weighted by atomic mass is 35.5. The minimum absolute atomic E-state index is 0.697. The second-order valence-electron chi connectivity index (χ2n) is 5.09. The van der Waals surface area contributed by atoms with Gasteiger partial charge >= 0.3 is 0 Å². The molecule has 3 rings (SSSR count). The lowest BCUT2D eigenvalue weighted by Gasteiger charge is -2.23. The summed E-state index contributed by atoms with van der Waals surface area (Å²) in [5, 5.41) is 8.73. The fourth-order valence-corrected chi connectivity index (χ4v) is 2.85. The Labute approximate surface area is 118 Å². The minimum Gasteiger partial charge on any atom is -0.383 e. The highest BCUT2D eigenvalue weighted by molar-refractivity contribution is 6.35. The van der Waals surface area contributed by atoms with Gasteiger partial charge in [-0.1, -0.05) is 11.6 Å². The maximum atomic E-state index is 6.20. The summed E-state index contributed by atoms with van der Waals surface area (Å²) in [6.45, 7) is 3.24. The van der Waals surface area contributed by atoms with Crippen molar-refractivity contribution in [3.05, 3.63) is 35.5 Å². The highest BCUT2D eigenvalue weighted by Gasteiger charge is 2.13. The van der Waals surface area contributed by atoms with E-state index in [4.69, 9.17) is 11.6 Å². The van der Waals surface area contributed by atoms with Crippen molar-refractivity contribution in [2.45, 2.75) is 12.8 Å². The van der Waals surface area contributed by atoms with Crippen LogP contribution in [0.3, 0.4) is 0 Å². The van der Waals surface area contributed by atoms with Crippen LogP contribution in [-0.4, -0.2) is 24.6 Å². The molecule has 1 aromatic heterocycles. The summed E-state index contributed by atoms with van der Waals surface area (Å²) in [5.74, 6) is 0.697. The molecule has 0 radical (unpaired) electrons. The molecule has 0 aliphatic carbocycles. The van der Waals surface area contributed by atoms with E-state index in [9.17, 15) is 0 Å². The molecule has 0 spiro atoms. The second kappa shape index (κ2) is 5.76. The molecule has 1 fully saturated rings. The van der Waals surface area contributed by atoms with Gasteiger partial charge in [-0.25, -0.2) is 0 Å².